The van der Waals surface area contributed by atoms with E-state index in [1.54, 1.807) is 0 Å². The van der Waals surface area contributed by atoms with Gasteiger partial charge in [0.05, 0.1) is 0 Å². The van der Waals surface area contributed by atoms with Gasteiger partial charge >= 0.3 is 0 Å². The first kappa shape index (κ1) is 14.3. The molecule has 1 aliphatic carbocycles. The van der Waals surface area contributed by atoms with Crippen LogP contribution in [0.1, 0.15) is 33.1 Å². The number of hydrogen-bond donors (Lipinski definition) is 1. The predicted molar refractivity (Wildman–Crippen MR) is 74.2 cm³/mol. The maximum Gasteiger partial charge on any atom is 0.191 e. The first-order valence-corrected chi connectivity index (χ1v) is 6.56. The van der Waals surface area contributed by atoms with E-state index in [0.717, 1.165) is 13.1 Å². The Bertz CT molecular complexity index is 267. The van der Waals surface area contributed by atoms with Gasteiger partial charge in [0.15, 0.2) is 5.96 Å². The van der Waals surface area contributed by atoms with Crippen LogP contribution in [0.25, 0.3) is 0 Å². The van der Waals surface area contributed by atoms with Gasteiger partial charge in [0.1, 0.15) is 0 Å². The highest BCUT2D eigenvalue weighted by Gasteiger charge is 2.40. The molecule has 0 heterocycles. The summed E-state index contributed by atoms with van der Waals surface area (Å²) in [6.45, 7) is 6.10. The van der Waals surface area contributed by atoms with Gasteiger partial charge in [-0.2, -0.15) is 0 Å². The minimum absolute atomic E-state index is 0.312. The number of hydrogen-bond acceptors (Lipinski definition) is 2. The first-order chi connectivity index (χ1) is 7.87. The molecule has 0 aromatic heterocycles. The molecule has 0 spiro atoms. The molecule has 1 saturated carbocycles. The van der Waals surface area contributed by atoms with E-state index in [9.17, 15) is 0 Å². The van der Waals surface area contributed by atoms with Crippen LogP contribution < -0.4 is 5.73 Å². The van der Waals surface area contributed by atoms with Crippen molar-refractivity contribution >= 4 is 5.96 Å². The van der Waals surface area contributed by atoms with Crippen LogP contribution in [0.5, 0.6) is 0 Å². The molecule has 1 rings (SSSR count). The Morgan fingerprint density at radius 2 is 1.88 bits per heavy atom. The van der Waals surface area contributed by atoms with E-state index in [1.165, 1.54) is 19.3 Å². The molecule has 0 aromatic rings. The summed E-state index contributed by atoms with van der Waals surface area (Å²) < 4.78 is 0. The average molecular weight is 240 g/mol. The third kappa shape index (κ3) is 3.60. The Balaban J connectivity index is 2.53. The quantitative estimate of drug-likeness (QED) is 0.583. The third-order valence-electron chi connectivity index (χ3n) is 3.77. The van der Waals surface area contributed by atoms with E-state index < -0.39 is 0 Å². The van der Waals surface area contributed by atoms with Crippen LogP contribution in [0.4, 0.5) is 0 Å². The standard InChI is InChI=1S/C13H28N4/c1-11(2)9-15-12(14)17(5)10-13(16(3)4)7-6-8-13/h11H,6-10H2,1-5H3,(H2,14,15). The second kappa shape index (κ2) is 5.71. The molecule has 0 aromatic carbocycles. The minimum atomic E-state index is 0.312. The van der Waals surface area contributed by atoms with Crippen molar-refractivity contribution in [1.82, 2.24) is 9.80 Å². The lowest BCUT2D eigenvalue weighted by Crippen LogP contribution is -2.58. The van der Waals surface area contributed by atoms with Gasteiger partial charge in [-0.05, 0) is 39.3 Å². The summed E-state index contributed by atoms with van der Waals surface area (Å²) >= 11 is 0. The van der Waals surface area contributed by atoms with Crippen LogP contribution in [0, 0.1) is 5.92 Å². The maximum atomic E-state index is 6.01. The Hall–Kier alpha value is -0.770. The second-order valence-electron chi connectivity index (χ2n) is 5.92. The lowest BCUT2D eigenvalue weighted by molar-refractivity contribution is 0.0427. The molecule has 0 atom stereocenters. The fourth-order valence-electron chi connectivity index (χ4n) is 2.25. The van der Waals surface area contributed by atoms with Crippen molar-refractivity contribution in [2.45, 2.75) is 38.6 Å². The number of likely N-dealkylation sites (N-methyl/N-ethyl adjacent to an activating group) is 2. The van der Waals surface area contributed by atoms with Crippen LogP contribution in [-0.4, -0.2) is 55.5 Å². The monoisotopic (exact) mass is 240 g/mol. The largest absolute Gasteiger partial charge is 0.370 e. The van der Waals surface area contributed by atoms with Crippen molar-refractivity contribution in [3.8, 4) is 0 Å². The van der Waals surface area contributed by atoms with Gasteiger partial charge in [-0.15, -0.1) is 0 Å². The second-order valence-corrected chi connectivity index (χ2v) is 5.92. The minimum Gasteiger partial charge on any atom is -0.370 e. The Morgan fingerprint density at radius 1 is 1.29 bits per heavy atom. The van der Waals surface area contributed by atoms with Gasteiger partial charge in [-0.1, -0.05) is 13.8 Å². The van der Waals surface area contributed by atoms with E-state index in [0.29, 0.717) is 17.4 Å². The van der Waals surface area contributed by atoms with Crippen molar-refractivity contribution in [2.24, 2.45) is 16.6 Å². The zero-order valence-corrected chi connectivity index (χ0v) is 12.0. The maximum absolute atomic E-state index is 6.01. The molecule has 1 aliphatic rings. The zero-order valence-electron chi connectivity index (χ0n) is 12.0. The number of nitrogens with zero attached hydrogens (tertiary/aromatic N) is 3. The normalized spacial score (nSPS) is 19.6. The van der Waals surface area contributed by atoms with Crippen molar-refractivity contribution in [3.63, 3.8) is 0 Å². The molecule has 0 aliphatic heterocycles. The molecule has 0 radical (unpaired) electrons. The summed E-state index contributed by atoms with van der Waals surface area (Å²) in [5, 5.41) is 0. The highest BCUT2D eigenvalue weighted by Crippen LogP contribution is 2.36. The van der Waals surface area contributed by atoms with Gasteiger partial charge < -0.3 is 15.5 Å². The topological polar surface area (TPSA) is 44.9 Å². The van der Waals surface area contributed by atoms with E-state index in [2.05, 4.69) is 42.7 Å². The number of rotatable bonds is 5. The fourth-order valence-corrected chi connectivity index (χ4v) is 2.25. The summed E-state index contributed by atoms with van der Waals surface area (Å²) in [7, 11) is 6.37. The summed E-state index contributed by atoms with van der Waals surface area (Å²) in [5.74, 6) is 1.24. The first-order valence-electron chi connectivity index (χ1n) is 6.56. The summed E-state index contributed by atoms with van der Waals surface area (Å²) in [4.78, 5) is 8.86. The molecule has 2 N–H and O–H groups in total. The lowest BCUT2D eigenvalue weighted by atomic mass is 9.75. The molecule has 0 unspecified atom stereocenters. The van der Waals surface area contributed by atoms with Gasteiger partial charge in [0, 0.05) is 25.7 Å². The van der Waals surface area contributed by atoms with E-state index >= 15 is 0 Å². The molecule has 4 nitrogen and oxygen atoms in total. The Morgan fingerprint density at radius 3 is 2.24 bits per heavy atom. The molecular formula is C13H28N4. The van der Waals surface area contributed by atoms with E-state index in [1.807, 2.05) is 7.05 Å². The Labute approximate surface area is 106 Å². The van der Waals surface area contributed by atoms with Crippen molar-refractivity contribution in [2.75, 3.05) is 34.2 Å². The van der Waals surface area contributed by atoms with Gasteiger partial charge in [0.25, 0.3) is 0 Å². The van der Waals surface area contributed by atoms with Crippen LogP contribution >= 0.6 is 0 Å². The average Bonchev–Trinajstić information content (AvgIpc) is 2.18. The van der Waals surface area contributed by atoms with Crippen LogP contribution in [0.2, 0.25) is 0 Å². The van der Waals surface area contributed by atoms with E-state index in [4.69, 9.17) is 5.73 Å². The summed E-state index contributed by atoms with van der Waals surface area (Å²) in [6, 6.07) is 0. The van der Waals surface area contributed by atoms with Crippen LogP contribution in [0.15, 0.2) is 4.99 Å². The Kier molecular flexibility index (Phi) is 4.80. The highest BCUT2D eigenvalue weighted by atomic mass is 15.3. The van der Waals surface area contributed by atoms with Crippen molar-refractivity contribution in [1.29, 1.82) is 0 Å². The molecule has 0 bridgehead atoms. The zero-order chi connectivity index (χ0) is 13.1. The molecule has 0 saturated heterocycles. The van der Waals surface area contributed by atoms with Crippen molar-refractivity contribution in [3.05, 3.63) is 0 Å². The predicted octanol–water partition coefficient (Wildman–Crippen LogP) is 1.37. The number of aliphatic imine (C=N–C) groups is 1. The lowest BCUT2D eigenvalue weighted by Gasteiger charge is -2.49. The van der Waals surface area contributed by atoms with Gasteiger partial charge in [-0.25, -0.2) is 0 Å². The highest BCUT2D eigenvalue weighted by molar-refractivity contribution is 5.77. The van der Waals surface area contributed by atoms with Crippen molar-refractivity contribution < 1.29 is 0 Å². The SMILES string of the molecule is CC(C)CN=C(N)N(C)CC1(N(C)C)CCC1. The molecule has 1 fully saturated rings. The number of guanidine groups is 1. The summed E-state index contributed by atoms with van der Waals surface area (Å²) in [6.07, 6.45) is 3.86. The fraction of sp³-hybridized carbons (Fsp3) is 0.923. The molecule has 0 amide bonds. The number of nitrogens with two attached hydrogens (primary N) is 1. The molecular weight excluding hydrogens is 212 g/mol. The smallest absolute Gasteiger partial charge is 0.191 e. The van der Waals surface area contributed by atoms with Crippen LogP contribution in [0.3, 0.4) is 0 Å². The van der Waals surface area contributed by atoms with E-state index in [-0.39, 0.29) is 0 Å². The third-order valence-corrected chi connectivity index (χ3v) is 3.77. The molecule has 17 heavy (non-hydrogen) atoms. The van der Waals surface area contributed by atoms with Gasteiger partial charge in [-0.3, -0.25) is 4.99 Å². The van der Waals surface area contributed by atoms with Crippen LogP contribution in [-0.2, 0) is 0 Å². The summed E-state index contributed by atoms with van der Waals surface area (Å²) in [5.41, 5.74) is 6.32. The molecule has 4 heteroatoms. The van der Waals surface area contributed by atoms with Gasteiger partial charge in [0.2, 0.25) is 0 Å². The molecule has 100 valence electrons.